The molecular formula is C41H73NO4. The topological polar surface area (TPSA) is 89.8 Å². The lowest BCUT2D eigenvalue weighted by Crippen LogP contribution is -2.45. The maximum Gasteiger partial charge on any atom is 0.222 e. The smallest absolute Gasteiger partial charge is 0.222 e. The number of hydrogen-bond donors (Lipinski definition) is 4. The van der Waals surface area contributed by atoms with E-state index < -0.39 is 18.2 Å². The van der Waals surface area contributed by atoms with E-state index in [9.17, 15) is 20.1 Å². The van der Waals surface area contributed by atoms with Gasteiger partial charge in [-0.2, -0.15) is 0 Å². The summed E-state index contributed by atoms with van der Waals surface area (Å²) in [6, 6.07) is -0.775. The van der Waals surface area contributed by atoms with Gasteiger partial charge in [0, 0.05) is 0 Å². The van der Waals surface area contributed by atoms with Crippen LogP contribution in [0, 0.1) is 0 Å². The highest BCUT2D eigenvalue weighted by Gasteiger charge is 2.20. The fourth-order valence-electron chi connectivity index (χ4n) is 5.30. The van der Waals surface area contributed by atoms with Gasteiger partial charge in [-0.3, -0.25) is 4.79 Å². The van der Waals surface area contributed by atoms with Gasteiger partial charge in [0.1, 0.15) is 0 Å². The normalized spacial score (nSPS) is 14.5. The zero-order valence-electron chi connectivity index (χ0n) is 29.9. The molecule has 266 valence electrons. The number of aliphatic hydroxyl groups excluding tert-OH is 3. The maximum atomic E-state index is 12.4. The Bertz CT molecular complexity index is 800. The number of allylic oxidation sites excluding steroid dienone is 9. The molecule has 0 aliphatic carbocycles. The van der Waals surface area contributed by atoms with Crippen molar-refractivity contribution in [2.75, 3.05) is 6.61 Å². The SMILES string of the molecule is CCCCC/C=C\C=C/CCCCCCC(O)CC(=O)NC(CO)C(O)/C=C/CC/C=C/CC/C=C/CCCCCCCCCC. The summed E-state index contributed by atoms with van der Waals surface area (Å²) in [6.45, 7) is 4.13. The van der Waals surface area contributed by atoms with Crippen LogP contribution in [0.4, 0.5) is 0 Å². The van der Waals surface area contributed by atoms with Gasteiger partial charge < -0.3 is 20.6 Å². The largest absolute Gasteiger partial charge is 0.394 e. The van der Waals surface area contributed by atoms with E-state index in [-0.39, 0.29) is 18.9 Å². The Morgan fingerprint density at radius 1 is 0.565 bits per heavy atom. The van der Waals surface area contributed by atoms with E-state index in [1.807, 2.05) is 6.08 Å². The minimum atomic E-state index is -0.966. The highest BCUT2D eigenvalue weighted by atomic mass is 16.3. The molecule has 0 aromatic heterocycles. The summed E-state index contributed by atoms with van der Waals surface area (Å²) in [5.74, 6) is -0.346. The van der Waals surface area contributed by atoms with Crippen LogP contribution in [-0.4, -0.2) is 46.1 Å². The third-order valence-corrected chi connectivity index (χ3v) is 8.28. The molecule has 0 saturated carbocycles. The Labute approximate surface area is 284 Å². The van der Waals surface area contributed by atoms with Gasteiger partial charge >= 0.3 is 0 Å². The molecule has 0 aromatic rings. The molecule has 0 aliphatic rings. The van der Waals surface area contributed by atoms with Crippen molar-refractivity contribution in [3.63, 3.8) is 0 Å². The molecule has 0 spiro atoms. The molecule has 3 atom stereocenters. The summed E-state index contributed by atoms with van der Waals surface area (Å²) < 4.78 is 0. The van der Waals surface area contributed by atoms with E-state index in [0.717, 1.165) is 64.2 Å². The highest BCUT2D eigenvalue weighted by molar-refractivity contribution is 5.76. The Balaban J connectivity index is 3.86. The standard InChI is InChI=1S/C41H73NO4/c1-3-5-7-9-11-13-15-17-18-19-20-21-23-25-27-29-31-33-35-40(45)39(37-43)42-41(46)36-38(44)34-32-30-28-26-24-22-16-14-12-10-8-6-4-2/h12,14,16,19-20,22,25,27,33,35,38-40,43-45H,3-11,13,15,17-18,21,23-24,26,28-32,34,36-37H2,1-2H3,(H,42,46)/b14-12-,20-19+,22-16-,27-25+,35-33+. The molecule has 3 unspecified atom stereocenters. The van der Waals surface area contributed by atoms with Gasteiger partial charge in [0.05, 0.1) is 31.3 Å². The average Bonchev–Trinajstić information content (AvgIpc) is 3.05. The molecule has 0 rings (SSSR count). The number of unbranched alkanes of at least 4 members (excludes halogenated alkanes) is 17. The minimum absolute atomic E-state index is 0.0144. The van der Waals surface area contributed by atoms with Gasteiger partial charge in [-0.25, -0.2) is 0 Å². The van der Waals surface area contributed by atoms with E-state index in [4.69, 9.17) is 0 Å². The zero-order valence-corrected chi connectivity index (χ0v) is 29.9. The molecule has 0 bridgehead atoms. The molecule has 5 heteroatoms. The number of amides is 1. The first-order chi connectivity index (χ1) is 22.5. The van der Waals surface area contributed by atoms with Gasteiger partial charge in [-0.1, -0.05) is 152 Å². The molecule has 0 fully saturated rings. The van der Waals surface area contributed by atoms with E-state index in [2.05, 4.69) is 67.8 Å². The van der Waals surface area contributed by atoms with Crippen LogP contribution in [0.5, 0.6) is 0 Å². The second-order valence-electron chi connectivity index (χ2n) is 12.8. The lowest BCUT2D eigenvalue weighted by molar-refractivity contribution is -0.124. The van der Waals surface area contributed by atoms with Gasteiger partial charge in [0.15, 0.2) is 0 Å². The van der Waals surface area contributed by atoms with Crippen molar-refractivity contribution in [1.29, 1.82) is 0 Å². The molecular weight excluding hydrogens is 570 g/mol. The van der Waals surface area contributed by atoms with Crippen molar-refractivity contribution in [2.24, 2.45) is 0 Å². The molecule has 0 aliphatic heterocycles. The number of aliphatic hydroxyl groups is 3. The maximum absolute atomic E-state index is 12.4. The summed E-state index contributed by atoms with van der Waals surface area (Å²) in [7, 11) is 0. The minimum Gasteiger partial charge on any atom is -0.394 e. The van der Waals surface area contributed by atoms with Crippen LogP contribution in [-0.2, 0) is 4.79 Å². The Kier molecular flexibility index (Phi) is 34.4. The van der Waals surface area contributed by atoms with Crippen molar-refractivity contribution in [1.82, 2.24) is 5.32 Å². The Morgan fingerprint density at radius 3 is 1.57 bits per heavy atom. The average molecular weight is 644 g/mol. The third-order valence-electron chi connectivity index (χ3n) is 8.28. The van der Waals surface area contributed by atoms with Crippen LogP contribution in [0.25, 0.3) is 0 Å². The Hall–Kier alpha value is -1.95. The first-order valence-electron chi connectivity index (χ1n) is 19.1. The lowest BCUT2D eigenvalue weighted by Gasteiger charge is -2.20. The summed E-state index contributed by atoms with van der Waals surface area (Å²) in [5.41, 5.74) is 0. The van der Waals surface area contributed by atoms with Crippen molar-refractivity contribution < 1.29 is 20.1 Å². The van der Waals surface area contributed by atoms with Crippen LogP contribution in [0.1, 0.15) is 168 Å². The Morgan fingerprint density at radius 2 is 1.00 bits per heavy atom. The first-order valence-corrected chi connectivity index (χ1v) is 19.1. The van der Waals surface area contributed by atoms with Gasteiger partial charge in [0.2, 0.25) is 5.91 Å². The van der Waals surface area contributed by atoms with E-state index >= 15 is 0 Å². The fraction of sp³-hybridized carbons (Fsp3) is 0.732. The third kappa shape index (κ3) is 32.0. The summed E-state index contributed by atoms with van der Waals surface area (Å²) >= 11 is 0. The van der Waals surface area contributed by atoms with Crippen LogP contribution in [0.2, 0.25) is 0 Å². The summed E-state index contributed by atoms with van der Waals surface area (Å²) in [6.07, 6.45) is 46.3. The van der Waals surface area contributed by atoms with E-state index in [0.29, 0.717) is 6.42 Å². The van der Waals surface area contributed by atoms with Crippen molar-refractivity contribution >= 4 is 5.91 Å². The quantitative estimate of drug-likeness (QED) is 0.0325. The predicted octanol–water partition coefficient (Wildman–Crippen LogP) is 10.4. The van der Waals surface area contributed by atoms with E-state index in [1.165, 1.54) is 77.0 Å². The molecule has 5 nitrogen and oxygen atoms in total. The van der Waals surface area contributed by atoms with Crippen LogP contribution < -0.4 is 5.32 Å². The fourth-order valence-corrected chi connectivity index (χ4v) is 5.30. The monoisotopic (exact) mass is 644 g/mol. The lowest BCUT2D eigenvalue weighted by atomic mass is 10.0. The highest BCUT2D eigenvalue weighted by Crippen LogP contribution is 2.12. The zero-order chi connectivity index (χ0) is 33.8. The molecule has 0 heterocycles. The molecule has 0 radical (unpaired) electrons. The van der Waals surface area contributed by atoms with E-state index in [1.54, 1.807) is 6.08 Å². The van der Waals surface area contributed by atoms with Gasteiger partial charge in [0.25, 0.3) is 0 Å². The second-order valence-corrected chi connectivity index (χ2v) is 12.8. The molecule has 1 amide bonds. The number of hydrogen-bond acceptors (Lipinski definition) is 4. The van der Waals surface area contributed by atoms with Gasteiger partial charge in [-0.05, 0) is 70.6 Å². The second kappa shape index (κ2) is 35.9. The van der Waals surface area contributed by atoms with Crippen molar-refractivity contribution in [3.05, 3.63) is 60.8 Å². The number of carbonyl (C=O) groups excluding carboxylic acids is 1. The predicted molar refractivity (Wildman–Crippen MR) is 199 cm³/mol. The molecule has 0 saturated heterocycles. The summed E-state index contributed by atoms with van der Waals surface area (Å²) in [5, 5.41) is 33.0. The van der Waals surface area contributed by atoms with Crippen LogP contribution in [0.3, 0.4) is 0 Å². The van der Waals surface area contributed by atoms with Gasteiger partial charge in [-0.15, -0.1) is 0 Å². The first kappa shape index (κ1) is 44.0. The number of nitrogens with one attached hydrogen (secondary N) is 1. The number of rotatable bonds is 33. The summed E-state index contributed by atoms with van der Waals surface area (Å²) in [4.78, 5) is 12.4. The molecule has 0 aromatic carbocycles. The molecule has 4 N–H and O–H groups in total. The molecule has 46 heavy (non-hydrogen) atoms. The van der Waals surface area contributed by atoms with Crippen LogP contribution >= 0.6 is 0 Å². The number of carbonyl (C=O) groups is 1. The van der Waals surface area contributed by atoms with Crippen molar-refractivity contribution in [2.45, 2.75) is 186 Å². The van der Waals surface area contributed by atoms with Crippen molar-refractivity contribution in [3.8, 4) is 0 Å². The van der Waals surface area contributed by atoms with Crippen LogP contribution in [0.15, 0.2) is 60.8 Å².